The zero-order chi connectivity index (χ0) is 7.82. The second-order valence-corrected chi connectivity index (χ2v) is 2.59. The Morgan fingerprint density at radius 1 is 1.50 bits per heavy atom. The minimum atomic E-state index is 0.775. The molecule has 0 heterocycles. The second kappa shape index (κ2) is 6.81. The van der Waals surface area contributed by atoms with E-state index in [1.54, 1.807) is 0 Å². The fraction of sp³-hybridized carbons (Fsp3) is 0.778. The highest BCUT2D eigenvalue weighted by atomic mass is 14.8. The summed E-state index contributed by atoms with van der Waals surface area (Å²) in [6.45, 7) is 5.45. The summed E-state index contributed by atoms with van der Waals surface area (Å²) in [5, 5.41) is 3.16. The molecule has 0 aliphatic rings. The lowest BCUT2D eigenvalue weighted by Gasteiger charge is -2.07. The molecule has 0 aromatic rings. The highest BCUT2D eigenvalue weighted by Gasteiger charge is 1.98. The van der Waals surface area contributed by atoms with Crippen LogP contribution in [0, 0.1) is 5.92 Å². The van der Waals surface area contributed by atoms with Gasteiger partial charge in [-0.25, -0.2) is 0 Å². The lowest BCUT2D eigenvalue weighted by Crippen LogP contribution is -2.11. The highest BCUT2D eigenvalue weighted by Crippen LogP contribution is 2.08. The first-order valence-electron chi connectivity index (χ1n) is 4.12. The van der Waals surface area contributed by atoms with E-state index in [1.165, 1.54) is 12.8 Å². The largest absolute Gasteiger partial charge is 0.320 e. The molecule has 1 nitrogen and oxygen atoms in total. The predicted molar refractivity (Wildman–Crippen MR) is 47.1 cm³/mol. The minimum absolute atomic E-state index is 0.775. The van der Waals surface area contributed by atoms with Crippen LogP contribution in [0.15, 0.2) is 12.2 Å². The molecule has 0 bridgehead atoms. The van der Waals surface area contributed by atoms with Crippen LogP contribution in [0.25, 0.3) is 0 Å². The number of nitrogens with one attached hydrogen (secondary N) is 1. The van der Waals surface area contributed by atoms with Crippen molar-refractivity contribution in [3.8, 4) is 0 Å². The van der Waals surface area contributed by atoms with Gasteiger partial charge in [0.2, 0.25) is 0 Å². The van der Waals surface area contributed by atoms with Crippen LogP contribution in [0.3, 0.4) is 0 Å². The summed E-state index contributed by atoms with van der Waals surface area (Å²) in [7, 11) is 2.00. The molecule has 0 rings (SSSR count). The van der Waals surface area contributed by atoms with Crippen molar-refractivity contribution >= 4 is 0 Å². The molecule has 60 valence electrons. The Kier molecular flexibility index (Phi) is 6.61. The number of allylic oxidation sites excluding steroid dienone is 2. The minimum Gasteiger partial charge on any atom is -0.320 e. The lowest BCUT2D eigenvalue weighted by molar-refractivity contribution is 0.551. The van der Waals surface area contributed by atoms with Gasteiger partial charge >= 0.3 is 0 Å². The first-order valence-corrected chi connectivity index (χ1v) is 4.12. The summed E-state index contributed by atoms with van der Waals surface area (Å²) >= 11 is 0. The Hall–Kier alpha value is -0.300. The first kappa shape index (κ1) is 9.70. The molecule has 0 saturated carbocycles. The molecule has 0 aliphatic carbocycles. The second-order valence-electron chi connectivity index (χ2n) is 2.59. The van der Waals surface area contributed by atoms with Crippen molar-refractivity contribution in [3.63, 3.8) is 0 Å². The maximum absolute atomic E-state index is 3.16. The third-order valence-electron chi connectivity index (χ3n) is 1.75. The van der Waals surface area contributed by atoms with Gasteiger partial charge in [0.05, 0.1) is 0 Å². The SMILES string of the molecule is CC=CC(CC)CCNC. The summed E-state index contributed by atoms with van der Waals surface area (Å²) in [4.78, 5) is 0. The molecule has 1 unspecified atom stereocenters. The fourth-order valence-corrected chi connectivity index (χ4v) is 1.04. The first-order chi connectivity index (χ1) is 4.85. The average Bonchev–Trinajstić information content (AvgIpc) is 1.98. The lowest BCUT2D eigenvalue weighted by atomic mass is 10.0. The molecule has 1 heteroatoms. The average molecular weight is 141 g/mol. The Balaban J connectivity index is 3.39. The summed E-state index contributed by atoms with van der Waals surface area (Å²) < 4.78 is 0. The van der Waals surface area contributed by atoms with Crippen molar-refractivity contribution in [2.75, 3.05) is 13.6 Å². The van der Waals surface area contributed by atoms with E-state index >= 15 is 0 Å². The van der Waals surface area contributed by atoms with E-state index in [9.17, 15) is 0 Å². The number of hydrogen-bond donors (Lipinski definition) is 1. The molecule has 1 N–H and O–H groups in total. The van der Waals surface area contributed by atoms with E-state index in [1.807, 2.05) is 7.05 Å². The van der Waals surface area contributed by atoms with Gasteiger partial charge in [0, 0.05) is 0 Å². The smallest absolute Gasteiger partial charge is 0.00463 e. The van der Waals surface area contributed by atoms with Crippen molar-refractivity contribution in [2.45, 2.75) is 26.7 Å². The van der Waals surface area contributed by atoms with E-state index in [4.69, 9.17) is 0 Å². The van der Waals surface area contributed by atoms with E-state index in [2.05, 4.69) is 31.3 Å². The summed E-state index contributed by atoms with van der Waals surface area (Å²) in [5.41, 5.74) is 0. The number of rotatable bonds is 5. The number of hydrogen-bond acceptors (Lipinski definition) is 1. The van der Waals surface area contributed by atoms with Crippen LogP contribution in [0.4, 0.5) is 0 Å². The van der Waals surface area contributed by atoms with Gasteiger partial charge in [0.15, 0.2) is 0 Å². The molecule has 0 amide bonds. The van der Waals surface area contributed by atoms with Gasteiger partial charge in [0.25, 0.3) is 0 Å². The molecular weight excluding hydrogens is 122 g/mol. The van der Waals surface area contributed by atoms with Gasteiger partial charge in [-0.2, -0.15) is 0 Å². The molecule has 0 fully saturated rings. The molecule has 0 radical (unpaired) electrons. The van der Waals surface area contributed by atoms with Crippen LogP contribution in [-0.4, -0.2) is 13.6 Å². The van der Waals surface area contributed by atoms with Gasteiger partial charge < -0.3 is 5.32 Å². The van der Waals surface area contributed by atoms with Gasteiger partial charge in [0.1, 0.15) is 0 Å². The Morgan fingerprint density at radius 3 is 2.60 bits per heavy atom. The molecule has 10 heavy (non-hydrogen) atoms. The summed E-state index contributed by atoms with van der Waals surface area (Å²) in [6, 6.07) is 0. The van der Waals surface area contributed by atoms with E-state index < -0.39 is 0 Å². The molecule has 0 aliphatic heterocycles. The van der Waals surface area contributed by atoms with E-state index in [-0.39, 0.29) is 0 Å². The maximum atomic E-state index is 3.16. The van der Waals surface area contributed by atoms with Gasteiger partial charge in [-0.1, -0.05) is 19.1 Å². The zero-order valence-electron chi connectivity index (χ0n) is 7.35. The van der Waals surface area contributed by atoms with Crippen LogP contribution >= 0.6 is 0 Å². The molecule has 1 atom stereocenters. The summed E-state index contributed by atoms with van der Waals surface area (Å²) in [5.74, 6) is 0.775. The molecule has 0 aromatic heterocycles. The Labute approximate surface area is 64.5 Å². The van der Waals surface area contributed by atoms with Crippen LogP contribution in [0.1, 0.15) is 26.7 Å². The summed E-state index contributed by atoms with van der Waals surface area (Å²) in [6.07, 6.45) is 6.95. The third-order valence-corrected chi connectivity index (χ3v) is 1.75. The molecule has 0 saturated heterocycles. The quantitative estimate of drug-likeness (QED) is 0.579. The topological polar surface area (TPSA) is 12.0 Å². The van der Waals surface area contributed by atoms with Crippen molar-refractivity contribution in [1.82, 2.24) is 5.32 Å². The van der Waals surface area contributed by atoms with Crippen LogP contribution in [0.5, 0.6) is 0 Å². The van der Waals surface area contributed by atoms with Gasteiger partial charge in [-0.3, -0.25) is 0 Å². The van der Waals surface area contributed by atoms with Crippen LogP contribution in [-0.2, 0) is 0 Å². The van der Waals surface area contributed by atoms with Crippen LogP contribution in [0.2, 0.25) is 0 Å². The van der Waals surface area contributed by atoms with Crippen molar-refractivity contribution in [3.05, 3.63) is 12.2 Å². The monoisotopic (exact) mass is 141 g/mol. The van der Waals surface area contributed by atoms with Crippen LogP contribution < -0.4 is 5.32 Å². The van der Waals surface area contributed by atoms with E-state index in [0.717, 1.165) is 12.5 Å². The van der Waals surface area contributed by atoms with Crippen molar-refractivity contribution in [1.29, 1.82) is 0 Å². The predicted octanol–water partition coefficient (Wildman–Crippen LogP) is 2.20. The third kappa shape index (κ3) is 4.57. The molecule has 0 spiro atoms. The standard InChI is InChI=1S/C9H19N/c1-4-6-9(5-2)7-8-10-3/h4,6,9-10H,5,7-8H2,1-3H3. The van der Waals surface area contributed by atoms with E-state index in [0.29, 0.717) is 0 Å². The van der Waals surface area contributed by atoms with Crippen molar-refractivity contribution in [2.24, 2.45) is 5.92 Å². The Bertz CT molecular complexity index is 86.7. The molecular formula is C9H19N. The van der Waals surface area contributed by atoms with Crippen molar-refractivity contribution < 1.29 is 0 Å². The zero-order valence-corrected chi connectivity index (χ0v) is 7.35. The molecule has 0 aromatic carbocycles. The van der Waals surface area contributed by atoms with Gasteiger partial charge in [-0.15, -0.1) is 0 Å². The normalized spacial score (nSPS) is 14.3. The van der Waals surface area contributed by atoms with Gasteiger partial charge in [-0.05, 0) is 39.3 Å². The maximum Gasteiger partial charge on any atom is -0.00463 e. The highest BCUT2D eigenvalue weighted by molar-refractivity contribution is 4.84. The Morgan fingerprint density at radius 2 is 2.20 bits per heavy atom. The fourth-order valence-electron chi connectivity index (χ4n) is 1.04.